The maximum atomic E-state index is 13.0. The Kier molecular flexibility index (Phi) is 4.67. The number of nitrogens with one attached hydrogen (secondary N) is 2. The number of carbonyl (C=O) groups is 1. The highest BCUT2D eigenvalue weighted by Crippen LogP contribution is 2.33. The smallest absolute Gasteiger partial charge is 0.254 e. The lowest BCUT2D eigenvalue weighted by atomic mass is 9.87. The van der Waals surface area contributed by atoms with Gasteiger partial charge in [0.25, 0.3) is 5.91 Å². The predicted molar refractivity (Wildman–Crippen MR) is 95.7 cm³/mol. The third-order valence-electron chi connectivity index (χ3n) is 4.04. The van der Waals surface area contributed by atoms with E-state index in [1.165, 1.54) is 11.3 Å². The molecule has 0 spiro atoms. The first kappa shape index (κ1) is 16.4. The van der Waals surface area contributed by atoms with Crippen molar-refractivity contribution in [2.24, 2.45) is 0 Å². The van der Waals surface area contributed by atoms with Gasteiger partial charge >= 0.3 is 0 Å². The maximum Gasteiger partial charge on any atom is 0.254 e. The molecule has 3 aromatic rings. The minimum Gasteiger partial charge on any atom is -0.317 e. The Morgan fingerprint density at radius 3 is 2.91 bits per heavy atom. The number of amides is 1. The van der Waals surface area contributed by atoms with Gasteiger partial charge in [-0.1, -0.05) is 11.3 Å². The average Bonchev–Trinajstić information content (AvgIpc) is 3.24. The van der Waals surface area contributed by atoms with Crippen LogP contribution in [0, 0.1) is 0 Å². The number of carbonyl (C=O) groups excluding carboxylic acids is 1. The number of halogens is 1. The first-order chi connectivity index (χ1) is 10.8. The Morgan fingerprint density at radius 2 is 2.22 bits per heavy atom. The summed E-state index contributed by atoms with van der Waals surface area (Å²) in [7, 11) is 0. The summed E-state index contributed by atoms with van der Waals surface area (Å²) in [5.74, 6) is -0.0286. The van der Waals surface area contributed by atoms with Gasteiger partial charge in [0.15, 0.2) is 5.13 Å². The van der Waals surface area contributed by atoms with E-state index < -0.39 is 5.54 Å². The third-order valence-corrected chi connectivity index (χ3v) is 6.05. The van der Waals surface area contributed by atoms with Crippen molar-refractivity contribution in [3.05, 3.63) is 29.9 Å². The van der Waals surface area contributed by atoms with Gasteiger partial charge in [0.2, 0.25) is 0 Å². The highest BCUT2D eigenvalue weighted by Gasteiger charge is 2.42. The van der Waals surface area contributed by atoms with Crippen LogP contribution in [0.2, 0.25) is 0 Å². The van der Waals surface area contributed by atoms with Crippen molar-refractivity contribution in [1.82, 2.24) is 20.1 Å². The molecule has 1 aliphatic heterocycles. The zero-order valence-corrected chi connectivity index (χ0v) is 14.6. The SMILES string of the molecule is Cl.O=C(Nc1nc2ccsc2s1)C1(n2cccn2)CCNCC1. The average molecular weight is 370 g/mol. The van der Waals surface area contributed by atoms with Crippen LogP contribution in [0.25, 0.3) is 9.53 Å². The molecule has 0 aromatic carbocycles. The van der Waals surface area contributed by atoms with E-state index in [-0.39, 0.29) is 18.3 Å². The first-order valence-electron chi connectivity index (χ1n) is 7.14. The first-order valence-corrected chi connectivity index (χ1v) is 8.84. The summed E-state index contributed by atoms with van der Waals surface area (Å²) in [6.07, 6.45) is 5.03. The molecule has 1 amide bonds. The van der Waals surface area contributed by atoms with Gasteiger partial charge in [-0.15, -0.1) is 23.7 Å². The van der Waals surface area contributed by atoms with Crippen molar-refractivity contribution in [1.29, 1.82) is 0 Å². The zero-order valence-electron chi connectivity index (χ0n) is 12.2. The van der Waals surface area contributed by atoms with Crippen molar-refractivity contribution in [2.45, 2.75) is 18.4 Å². The summed E-state index contributed by atoms with van der Waals surface area (Å²) in [6.45, 7) is 1.61. The van der Waals surface area contributed by atoms with Gasteiger partial charge in [-0.2, -0.15) is 5.10 Å². The topological polar surface area (TPSA) is 71.8 Å². The van der Waals surface area contributed by atoms with Gasteiger partial charge in [-0.3, -0.25) is 14.8 Å². The molecule has 0 unspecified atom stereocenters. The number of rotatable bonds is 3. The van der Waals surface area contributed by atoms with E-state index in [1.54, 1.807) is 22.2 Å². The lowest BCUT2D eigenvalue weighted by molar-refractivity contribution is -0.126. The fraction of sp³-hybridized carbons (Fsp3) is 0.357. The summed E-state index contributed by atoms with van der Waals surface area (Å²) < 4.78 is 2.92. The van der Waals surface area contributed by atoms with Crippen LogP contribution in [-0.4, -0.2) is 33.8 Å². The van der Waals surface area contributed by atoms with Crippen LogP contribution in [0.5, 0.6) is 0 Å². The Bertz CT molecular complexity index is 763. The van der Waals surface area contributed by atoms with E-state index in [1.807, 2.05) is 23.7 Å². The molecule has 3 aromatic heterocycles. The largest absolute Gasteiger partial charge is 0.317 e. The summed E-state index contributed by atoms with van der Waals surface area (Å²) in [5, 5.41) is 13.3. The van der Waals surface area contributed by atoms with Crippen molar-refractivity contribution in [3.8, 4) is 0 Å². The van der Waals surface area contributed by atoms with Gasteiger partial charge in [0.1, 0.15) is 9.55 Å². The second-order valence-corrected chi connectivity index (χ2v) is 7.47. The molecule has 0 radical (unpaired) electrons. The van der Waals surface area contributed by atoms with Gasteiger partial charge < -0.3 is 5.32 Å². The standard InChI is InChI=1S/C14H15N5OS2.ClH/c20-12(18-13-17-10-2-9-21-11(10)22-13)14(3-6-15-7-4-14)19-8-1-5-16-19;/h1-2,5,8-9,15H,3-4,6-7H2,(H,17,18,20);1H. The van der Waals surface area contributed by atoms with Crippen LogP contribution in [0.3, 0.4) is 0 Å². The van der Waals surface area contributed by atoms with E-state index in [0.717, 1.165) is 35.5 Å². The van der Waals surface area contributed by atoms with Gasteiger partial charge in [0, 0.05) is 12.4 Å². The van der Waals surface area contributed by atoms with Crippen LogP contribution in [0.1, 0.15) is 12.8 Å². The summed E-state index contributed by atoms with van der Waals surface area (Å²) in [5.41, 5.74) is 0.317. The summed E-state index contributed by atoms with van der Waals surface area (Å²) >= 11 is 3.17. The van der Waals surface area contributed by atoms with Crippen molar-refractivity contribution in [2.75, 3.05) is 18.4 Å². The number of thiazole rings is 1. The van der Waals surface area contributed by atoms with E-state index in [4.69, 9.17) is 0 Å². The van der Waals surface area contributed by atoms with Crippen LogP contribution in [-0.2, 0) is 10.3 Å². The fourth-order valence-corrected chi connectivity index (χ4v) is 4.69. The number of hydrogen-bond acceptors (Lipinski definition) is 6. The van der Waals surface area contributed by atoms with Crippen LogP contribution in [0.15, 0.2) is 29.9 Å². The van der Waals surface area contributed by atoms with E-state index in [9.17, 15) is 4.79 Å². The van der Waals surface area contributed by atoms with Gasteiger partial charge in [-0.05, 0) is 43.4 Å². The fourth-order valence-electron chi connectivity index (χ4n) is 2.86. The lowest BCUT2D eigenvalue weighted by Gasteiger charge is -2.36. The molecule has 0 atom stereocenters. The van der Waals surface area contributed by atoms with Crippen molar-refractivity contribution < 1.29 is 4.79 Å². The number of hydrogen-bond donors (Lipinski definition) is 2. The molecule has 1 fully saturated rings. The third kappa shape index (κ3) is 2.87. The van der Waals surface area contributed by atoms with Crippen molar-refractivity contribution in [3.63, 3.8) is 0 Å². The number of fused-ring (bicyclic) bond motifs is 1. The van der Waals surface area contributed by atoms with E-state index >= 15 is 0 Å². The number of aromatic nitrogens is 3. The molecule has 0 saturated carbocycles. The van der Waals surface area contributed by atoms with Crippen LogP contribution >= 0.6 is 35.1 Å². The Labute approximate surface area is 147 Å². The Balaban J connectivity index is 0.00000156. The highest BCUT2D eigenvalue weighted by atomic mass is 35.5. The molecule has 0 bridgehead atoms. The van der Waals surface area contributed by atoms with Crippen LogP contribution in [0.4, 0.5) is 5.13 Å². The van der Waals surface area contributed by atoms with Gasteiger partial charge in [-0.25, -0.2) is 4.98 Å². The quantitative estimate of drug-likeness (QED) is 0.744. The molecular weight excluding hydrogens is 354 g/mol. The van der Waals surface area contributed by atoms with E-state index in [0.29, 0.717) is 5.13 Å². The molecule has 9 heteroatoms. The summed E-state index contributed by atoms with van der Waals surface area (Å²) in [6, 6.07) is 3.83. The predicted octanol–water partition coefficient (Wildman–Crippen LogP) is 2.69. The molecular formula is C14H16ClN5OS2. The lowest BCUT2D eigenvalue weighted by Crippen LogP contribution is -2.52. The monoisotopic (exact) mass is 369 g/mol. The molecule has 122 valence electrons. The minimum absolute atomic E-state index is 0. The Hall–Kier alpha value is -1.48. The minimum atomic E-state index is -0.631. The number of nitrogens with zero attached hydrogens (tertiary/aromatic N) is 3. The maximum absolute atomic E-state index is 13.0. The van der Waals surface area contributed by atoms with E-state index in [2.05, 4.69) is 20.7 Å². The van der Waals surface area contributed by atoms with Crippen LogP contribution < -0.4 is 10.6 Å². The molecule has 1 saturated heterocycles. The van der Waals surface area contributed by atoms with Gasteiger partial charge in [0.05, 0.1) is 5.52 Å². The molecule has 4 heterocycles. The normalized spacial score (nSPS) is 16.9. The molecule has 2 N–H and O–H groups in total. The molecule has 4 rings (SSSR count). The molecule has 0 aliphatic carbocycles. The van der Waals surface area contributed by atoms with Crippen molar-refractivity contribution >= 4 is 55.6 Å². The Morgan fingerprint density at radius 1 is 1.39 bits per heavy atom. The second kappa shape index (κ2) is 6.56. The number of piperidine rings is 1. The number of thiophene rings is 1. The molecule has 23 heavy (non-hydrogen) atoms. The second-order valence-electron chi connectivity index (χ2n) is 5.30. The zero-order chi connectivity index (χ0) is 15.0. The molecule has 6 nitrogen and oxygen atoms in total. The highest BCUT2D eigenvalue weighted by molar-refractivity contribution is 7.39. The number of anilines is 1. The molecule has 1 aliphatic rings. The summed E-state index contributed by atoms with van der Waals surface area (Å²) in [4.78, 5) is 17.4.